The molecule has 0 bridgehead atoms. The van der Waals surface area contributed by atoms with Crippen LogP contribution in [0.1, 0.15) is 19.3 Å². The Morgan fingerprint density at radius 2 is 0.891 bits per heavy atom. The number of ether oxygens (including phenoxy) is 1. The highest BCUT2D eigenvalue weighted by atomic mass is 16.5. The predicted molar refractivity (Wildman–Crippen MR) is 174 cm³/mol. The summed E-state index contributed by atoms with van der Waals surface area (Å²) in [4.78, 5) is 46.8. The van der Waals surface area contributed by atoms with Crippen molar-refractivity contribution >= 4 is 23.7 Å². The van der Waals surface area contributed by atoms with Gasteiger partial charge >= 0.3 is 5.97 Å². The van der Waals surface area contributed by atoms with Crippen molar-refractivity contribution < 1.29 is 23.9 Å². The molecule has 3 amide bonds. The van der Waals surface area contributed by atoms with E-state index in [1.165, 1.54) is 7.11 Å². The van der Waals surface area contributed by atoms with Gasteiger partial charge in [0.1, 0.15) is 0 Å². The quantitative estimate of drug-likeness (QED) is 0.0246. The smallest absolute Gasteiger partial charge is 0.329 e. The number of hydrogen-bond donors (Lipinski definition) is 15. The minimum Gasteiger partial charge on any atom is -0.466 e. The molecule has 0 saturated carbocycles. The summed E-state index contributed by atoms with van der Waals surface area (Å²) < 4.78 is 4.14. The van der Waals surface area contributed by atoms with Crippen LogP contribution in [0, 0.1) is 0 Å². The van der Waals surface area contributed by atoms with Crippen molar-refractivity contribution in [3.8, 4) is 0 Å². The number of rotatable bonds is 20. The summed E-state index contributed by atoms with van der Waals surface area (Å²) in [7, 11) is 1.31. The molecular formula is C21H62N20O5. The molecule has 0 heterocycles. The second-order valence-corrected chi connectivity index (χ2v) is 8.22. The lowest BCUT2D eigenvalue weighted by molar-refractivity contribution is -0.321. The molecule has 0 aromatic rings. The Bertz CT molecular complexity index is 671. The highest BCUT2D eigenvalue weighted by Crippen LogP contribution is 1.98. The van der Waals surface area contributed by atoms with Gasteiger partial charge in [-0.05, 0) is 5.23 Å². The Hall–Kier alpha value is -3.06. The fourth-order valence-electron chi connectivity index (χ4n) is 2.46. The zero-order valence-corrected chi connectivity index (χ0v) is 27.0. The van der Waals surface area contributed by atoms with Crippen LogP contribution < -0.4 is 85.8 Å². The number of hydrazine groups is 9. The summed E-state index contributed by atoms with van der Waals surface area (Å²) in [6.45, 7) is 8.20. The second kappa shape index (κ2) is 38.1. The van der Waals surface area contributed by atoms with E-state index in [4.69, 9.17) is 63.7 Å². The van der Waals surface area contributed by atoms with Crippen molar-refractivity contribution in [1.29, 1.82) is 0 Å². The first kappa shape index (κ1) is 52.5. The molecule has 0 unspecified atom stereocenters. The number of nitrogens with zero attached hydrogens (tertiary/aromatic N) is 5. The first-order chi connectivity index (χ1) is 21.2. The number of amides is 3. The lowest BCUT2D eigenvalue weighted by Gasteiger charge is -2.33. The Labute approximate surface area is 270 Å². The number of nitrogens with one attached hydrogen (secondary N) is 3. The predicted octanol–water partition coefficient (Wildman–Crippen LogP) is -8.72. The third-order valence-corrected chi connectivity index (χ3v) is 4.52. The van der Waals surface area contributed by atoms with Crippen LogP contribution in [0.15, 0.2) is 12.7 Å². The lowest BCUT2D eigenvalue weighted by atomic mass is 10.2. The molecule has 0 aromatic heterocycles. The molecule has 0 aromatic carbocycles. The number of nitrogens with two attached hydrogens (primary N) is 11. The van der Waals surface area contributed by atoms with E-state index in [1.807, 2.05) is 4.90 Å². The van der Waals surface area contributed by atoms with Crippen LogP contribution in [-0.2, 0) is 23.9 Å². The molecule has 0 fully saturated rings. The van der Waals surface area contributed by atoms with Gasteiger partial charge in [-0.2, -0.15) is 0 Å². The van der Waals surface area contributed by atoms with E-state index in [9.17, 15) is 19.2 Å². The minimum absolute atomic E-state index is 0. The molecule has 0 saturated heterocycles. The molecule has 0 spiro atoms. The number of methoxy groups -OCH3 is 1. The number of carbonyl (C=O) groups excluding carboxylic acids is 4. The first-order valence-corrected chi connectivity index (χ1v) is 13.6. The Balaban J connectivity index is -0.000000217. The average Bonchev–Trinajstić information content (AvgIpc) is 3.00. The topological polar surface area (TPSA) is 451 Å². The van der Waals surface area contributed by atoms with Gasteiger partial charge in [0, 0.05) is 97.3 Å². The molecule has 46 heavy (non-hydrogen) atoms. The zero-order valence-electron chi connectivity index (χ0n) is 27.0. The van der Waals surface area contributed by atoms with Gasteiger partial charge in [-0.15, -0.1) is 0 Å². The van der Waals surface area contributed by atoms with Gasteiger partial charge < -0.3 is 60.4 Å². The summed E-state index contributed by atoms with van der Waals surface area (Å²) in [6, 6.07) is 0. The number of carbonyl (C=O) groups is 4. The van der Waals surface area contributed by atoms with Crippen LogP contribution in [-0.4, -0.2) is 129 Å². The van der Waals surface area contributed by atoms with Crippen LogP contribution in [0.2, 0.25) is 0 Å². The van der Waals surface area contributed by atoms with Gasteiger partial charge in [-0.1, -0.05) is 22.3 Å². The Morgan fingerprint density at radius 3 is 1.02 bits per heavy atom. The maximum atomic E-state index is 11.7. The third kappa shape index (κ3) is 39.0. The van der Waals surface area contributed by atoms with Crippen LogP contribution >= 0.6 is 0 Å². The molecule has 0 aliphatic carbocycles. The van der Waals surface area contributed by atoms with Crippen molar-refractivity contribution in [2.24, 2.45) is 63.7 Å². The molecule has 25 nitrogen and oxygen atoms in total. The van der Waals surface area contributed by atoms with E-state index in [0.29, 0.717) is 92.9 Å². The van der Waals surface area contributed by atoms with Gasteiger partial charge in [0.15, 0.2) is 0 Å². The standard InChI is InChI=1S/C15H33N7O3.C4H6O2.C2H8N2.H12N10.H3N/c16-4-7-19-13(23)1-10-22(11-2-14(24)20-8-5-17)12-3-15(25)21-9-6-18;1-3-4(5)6-2;3-1-2-4;1-7(2)10(8(3)4)9(5)6;/h1-12,16-18H2,(H,19,23)(H,20,24)(H,21,25);3H,1H2,2H3;1-4H2;1-6H2;1H3. The Morgan fingerprint density at radius 1 is 0.609 bits per heavy atom. The molecule has 0 atom stereocenters. The largest absolute Gasteiger partial charge is 0.466 e. The Kier molecular flexibility index (Phi) is 43.5. The summed E-state index contributed by atoms with van der Waals surface area (Å²) in [5.41, 5.74) is 25.8. The summed E-state index contributed by atoms with van der Waals surface area (Å²) in [5, 5.41) is 10.3. The SMILES string of the molecule is C=CC(=O)OC.N.NCCN.NCCNC(=O)CCN(CCC(=O)NCCN)CCC(=O)NCCN.NN(N)N(N(N)N)N(N)N. The van der Waals surface area contributed by atoms with Gasteiger partial charge in [-0.3, -0.25) is 14.4 Å². The van der Waals surface area contributed by atoms with E-state index in [0.717, 1.165) is 6.08 Å². The van der Waals surface area contributed by atoms with Crippen LogP contribution in [0.25, 0.3) is 0 Å². The average molecular weight is 675 g/mol. The van der Waals surface area contributed by atoms with E-state index < -0.39 is 5.97 Å². The van der Waals surface area contributed by atoms with Crippen LogP contribution in [0.5, 0.6) is 0 Å². The maximum absolute atomic E-state index is 11.7. The van der Waals surface area contributed by atoms with Gasteiger partial charge in [0.05, 0.1) is 7.11 Å². The molecule has 25 heteroatoms. The maximum Gasteiger partial charge on any atom is 0.329 e. The molecule has 276 valence electrons. The van der Waals surface area contributed by atoms with E-state index in [2.05, 4.69) is 27.3 Å². The highest BCUT2D eigenvalue weighted by Gasteiger charge is 2.15. The van der Waals surface area contributed by atoms with E-state index in [1.54, 1.807) is 0 Å². The fourth-order valence-corrected chi connectivity index (χ4v) is 2.46. The second-order valence-electron chi connectivity index (χ2n) is 8.22. The summed E-state index contributed by atoms with van der Waals surface area (Å²) >= 11 is 0. The number of esters is 1. The van der Waals surface area contributed by atoms with E-state index >= 15 is 0 Å². The summed E-state index contributed by atoms with van der Waals surface area (Å²) in [5.74, 6) is 29.1. The molecule has 28 N–H and O–H groups in total. The molecule has 0 rings (SSSR count). The molecule has 0 aliphatic rings. The van der Waals surface area contributed by atoms with Crippen molar-refractivity contribution in [1.82, 2.24) is 47.9 Å². The van der Waals surface area contributed by atoms with E-state index in [-0.39, 0.29) is 43.1 Å². The summed E-state index contributed by atoms with van der Waals surface area (Å²) in [6.07, 6.45) is 1.97. The monoisotopic (exact) mass is 675 g/mol. The molecular weight excluding hydrogens is 612 g/mol. The number of hydrogen-bond acceptors (Lipinski definition) is 22. The first-order valence-electron chi connectivity index (χ1n) is 13.6. The minimum atomic E-state index is -0.394. The zero-order chi connectivity index (χ0) is 35.6. The van der Waals surface area contributed by atoms with Crippen LogP contribution in [0.3, 0.4) is 0 Å². The highest BCUT2D eigenvalue weighted by molar-refractivity contribution is 5.81. The molecule has 0 aliphatic heterocycles. The van der Waals surface area contributed by atoms with Gasteiger partial charge in [-0.25, -0.2) is 39.9 Å². The normalized spacial score (nSPS) is 10.0. The molecule has 0 radical (unpaired) electrons. The van der Waals surface area contributed by atoms with Crippen LogP contribution in [0.4, 0.5) is 0 Å². The van der Waals surface area contributed by atoms with Gasteiger partial charge in [0.25, 0.3) is 0 Å². The fraction of sp³-hybridized carbons (Fsp3) is 0.714. The van der Waals surface area contributed by atoms with Crippen molar-refractivity contribution in [2.45, 2.75) is 19.3 Å². The van der Waals surface area contributed by atoms with Crippen molar-refractivity contribution in [3.63, 3.8) is 0 Å². The van der Waals surface area contributed by atoms with Gasteiger partial charge in [0.2, 0.25) is 17.7 Å². The van der Waals surface area contributed by atoms with Crippen molar-refractivity contribution in [3.05, 3.63) is 12.7 Å². The van der Waals surface area contributed by atoms with Crippen molar-refractivity contribution in [2.75, 3.05) is 79.1 Å². The lowest BCUT2D eigenvalue weighted by Crippen LogP contribution is -2.73. The third-order valence-electron chi connectivity index (χ3n) is 4.52.